The Hall–Kier alpha value is -2.24. The van der Waals surface area contributed by atoms with E-state index < -0.39 is 30.0 Å². The average Bonchev–Trinajstić information content (AvgIpc) is 2.44. The first-order valence-electron chi connectivity index (χ1n) is 5.90. The Morgan fingerprint density at radius 1 is 0.958 bits per heavy atom. The van der Waals surface area contributed by atoms with Crippen LogP contribution >= 0.6 is 0 Å². The van der Waals surface area contributed by atoms with E-state index in [1.54, 1.807) is 0 Å². The molecule has 0 aromatic heterocycles. The summed E-state index contributed by atoms with van der Waals surface area (Å²) in [5, 5.41) is 1.35. The highest BCUT2D eigenvalue weighted by Crippen LogP contribution is 2.41. The molecule has 0 atom stereocenters. The van der Waals surface area contributed by atoms with Crippen LogP contribution < -0.4 is 14.8 Å². The van der Waals surface area contributed by atoms with Crippen molar-refractivity contribution in [3.8, 4) is 11.5 Å². The molecular weight excluding hydrogens is 355 g/mol. The summed E-state index contributed by atoms with van der Waals surface area (Å²) >= 11 is 0. The molecule has 0 unspecified atom stereocenters. The second-order valence-electron chi connectivity index (χ2n) is 4.16. The smallest absolute Gasteiger partial charge is 0.493 e. The van der Waals surface area contributed by atoms with Crippen LogP contribution in [0.25, 0.3) is 0 Å². The molecule has 1 amide bonds. The van der Waals surface area contributed by atoms with Gasteiger partial charge in [0.25, 0.3) is 0 Å². The molecule has 12 heteroatoms. The van der Waals surface area contributed by atoms with Crippen LogP contribution in [0.5, 0.6) is 11.5 Å². The first-order chi connectivity index (χ1) is 10.8. The standard InChI is InChI=1S/C12H10F7NO4/c1-22-7-4-3-6(5-8(7)23-2)20-9(21)10(13,14)11(15,16)24-12(17,18)19/h3-5H,1-2H3,(H,20,21). The van der Waals surface area contributed by atoms with Crippen molar-refractivity contribution in [3.05, 3.63) is 18.2 Å². The summed E-state index contributed by atoms with van der Waals surface area (Å²) in [5.41, 5.74) is -0.444. The number of carbonyl (C=O) groups excluding carboxylic acids is 1. The minimum Gasteiger partial charge on any atom is -0.493 e. The molecule has 0 fully saturated rings. The minimum absolute atomic E-state index is 0.0445. The highest BCUT2D eigenvalue weighted by molar-refractivity contribution is 5.97. The fourth-order valence-corrected chi connectivity index (χ4v) is 1.47. The van der Waals surface area contributed by atoms with E-state index in [1.165, 1.54) is 19.5 Å². The number of hydrogen-bond acceptors (Lipinski definition) is 4. The van der Waals surface area contributed by atoms with E-state index in [9.17, 15) is 35.5 Å². The zero-order chi connectivity index (χ0) is 18.8. The van der Waals surface area contributed by atoms with Gasteiger partial charge in [0, 0.05) is 11.8 Å². The third-order valence-electron chi connectivity index (χ3n) is 2.54. The van der Waals surface area contributed by atoms with Crippen LogP contribution in [0, 0.1) is 0 Å². The maximum absolute atomic E-state index is 13.3. The zero-order valence-electron chi connectivity index (χ0n) is 12.0. The van der Waals surface area contributed by atoms with Crippen LogP contribution in [0.4, 0.5) is 36.4 Å². The van der Waals surface area contributed by atoms with E-state index in [1.807, 2.05) is 4.74 Å². The van der Waals surface area contributed by atoms with Gasteiger partial charge in [-0.1, -0.05) is 0 Å². The predicted octanol–water partition coefficient (Wildman–Crippen LogP) is 3.41. The third-order valence-corrected chi connectivity index (χ3v) is 2.54. The highest BCUT2D eigenvalue weighted by Gasteiger charge is 2.67. The number of halogens is 7. The monoisotopic (exact) mass is 365 g/mol. The molecule has 24 heavy (non-hydrogen) atoms. The van der Waals surface area contributed by atoms with Crippen molar-refractivity contribution >= 4 is 11.6 Å². The Kier molecular flexibility index (Phi) is 5.54. The second kappa shape index (κ2) is 6.71. The summed E-state index contributed by atoms with van der Waals surface area (Å²) in [4.78, 5) is 11.3. The molecule has 0 aliphatic heterocycles. The van der Waals surface area contributed by atoms with Crippen molar-refractivity contribution in [2.45, 2.75) is 18.4 Å². The van der Waals surface area contributed by atoms with Crippen molar-refractivity contribution in [2.24, 2.45) is 0 Å². The summed E-state index contributed by atoms with van der Waals surface area (Å²) in [6.07, 6.45) is -12.2. The Bertz CT molecular complexity index is 604. The highest BCUT2D eigenvalue weighted by atomic mass is 19.4. The number of ether oxygens (including phenoxy) is 3. The molecule has 1 N–H and O–H groups in total. The van der Waals surface area contributed by atoms with Gasteiger partial charge in [-0.05, 0) is 12.1 Å². The molecule has 0 aliphatic rings. The molecule has 0 radical (unpaired) electrons. The van der Waals surface area contributed by atoms with Crippen LogP contribution in [0.1, 0.15) is 0 Å². The van der Waals surface area contributed by atoms with E-state index in [2.05, 4.69) is 0 Å². The van der Waals surface area contributed by atoms with E-state index in [0.717, 1.165) is 18.2 Å². The fraction of sp³-hybridized carbons (Fsp3) is 0.417. The van der Waals surface area contributed by atoms with E-state index in [4.69, 9.17) is 9.47 Å². The predicted molar refractivity (Wildman–Crippen MR) is 65.2 cm³/mol. The van der Waals surface area contributed by atoms with Crippen molar-refractivity contribution in [1.82, 2.24) is 0 Å². The molecule has 5 nitrogen and oxygen atoms in total. The molecule has 0 aliphatic carbocycles. The van der Waals surface area contributed by atoms with Gasteiger partial charge < -0.3 is 14.8 Å². The Labute approximate surface area is 130 Å². The van der Waals surface area contributed by atoms with Crippen LogP contribution in [0.3, 0.4) is 0 Å². The Morgan fingerprint density at radius 2 is 1.50 bits per heavy atom. The first-order valence-corrected chi connectivity index (χ1v) is 5.90. The van der Waals surface area contributed by atoms with Crippen LogP contribution in [-0.4, -0.2) is 38.5 Å². The molecule has 0 heterocycles. The van der Waals surface area contributed by atoms with Gasteiger partial charge in [0.15, 0.2) is 11.5 Å². The normalized spacial score (nSPS) is 12.7. The number of rotatable bonds is 6. The van der Waals surface area contributed by atoms with Gasteiger partial charge in [0.2, 0.25) is 0 Å². The molecule has 0 saturated carbocycles. The van der Waals surface area contributed by atoms with Gasteiger partial charge in [0.05, 0.1) is 14.2 Å². The number of nitrogens with one attached hydrogen (secondary N) is 1. The van der Waals surface area contributed by atoms with Crippen LogP contribution in [0.15, 0.2) is 18.2 Å². The number of methoxy groups -OCH3 is 2. The molecule has 0 saturated heterocycles. The topological polar surface area (TPSA) is 56.8 Å². The third kappa shape index (κ3) is 4.40. The van der Waals surface area contributed by atoms with Crippen molar-refractivity contribution in [2.75, 3.05) is 19.5 Å². The van der Waals surface area contributed by atoms with E-state index in [0.29, 0.717) is 0 Å². The largest absolute Gasteiger partial charge is 0.527 e. The summed E-state index contributed by atoms with van der Waals surface area (Å²) in [7, 11) is 2.42. The Morgan fingerprint density at radius 3 is 1.96 bits per heavy atom. The Balaban J connectivity index is 3.01. The van der Waals surface area contributed by atoms with Gasteiger partial charge in [-0.15, -0.1) is 13.2 Å². The lowest BCUT2D eigenvalue weighted by Gasteiger charge is -2.25. The summed E-state index contributed by atoms with van der Waals surface area (Å²) in [6.45, 7) is 0. The minimum atomic E-state index is -6.11. The summed E-state index contributed by atoms with van der Waals surface area (Å²) < 4.78 is 99.3. The molecule has 1 aromatic carbocycles. The van der Waals surface area contributed by atoms with Crippen molar-refractivity contribution < 1.29 is 49.7 Å². The molecule has 136 valence electrons. The number of benzene rings is 1. The molecule has 1 rings (SSSR count). The lowest BCUT2D eigenvalue weighted by atomic mass is 10.2. The molecular formula is C12H10F7NO4. The van der Waals surface area contributed by atoms with Gasteiger partial charge in [-0.2, -0.15) is 17.6 Å². The molecule has 0 spiro atoms. The first kappa shape index (κ1) is 19.8. The second-order valence-corrected chi connectivity index (χ2v) is 4.16. The SMILES string of the molecule is COc1ccc(NC(=O)C(F)(F)C(F)(F)OC(F)(F)F)cc1OC. The van der Waals surface area contributed by atoms with Crippen LogP contribution in [0.2, 0.25) is 0 Å². The quantitative estimate of drug-likeness (QED) is 0.785. The number of carbonyl (C=O) groups is 1. The van der Waals surface area contributed by atoms with E-state index in [-0.39, 0.29) is 11.5 Å². The number of anilines is 1. The molecule has 0 bridgehead atoms. The fourth-order valence-electron chi connectivity index (χ4n) is 1.47. The maximum Gasteiger partial charge on any atom is 0.527 e. The van der Waals surface area contributed by atoms with Gasteiger partial charge in [-0.3, -0.25) is 4.79 Å². The van der Waals surface area contributed by atoms with Crippen molar-refractivity contribution in [1.29, 1.82) is 0 Å². The van der Waals surface area contributed by atoms with Crippen LogP contribution in [-0.2, 0) is 9.53 Å². The summed E-state index contributed by atoms with van der Waals surface area (Å²) in [5.74, 6) is -8.41. The van der Waals surface area contributed by atoms with Crippen molar-refractivity contribution in [3.63, 3.8) is 0 Å². The number of hydrogen-bond donors (Lipinski definition) is 1. The van der Waals surface area contributed by atoms with Gasteiger partial charge in [0.1, 0.15) is 0 Å². The number of alkyl halides is 7. The van der Waals surface area contributed by atoms with E-state index >= 15 is 0 Å². The number of amides is 1. The lowest BCUT2D eigenvalue weighted by molar-refractivity contribution is -0.457. The van der Waals surface area contributed by atoms with Gasteiger partial charge in [-0.25, -0.2) is 4.74 Å². The lowest BCUT2D eigenvalue weighted by Crippen LogP contribution is -2.53. The zero-order valence-corrected chi connectivity index (χ0v) is 12.0. The molecule has 1 aromatic rings. The summed E-state index contributed by atoms with van der Waals surface area (Å²) in [6, 6.07) is 3.07. The average molecular weight is 365 g/mol. The van der Waals surface area contributed by atoms with Gasteiger partial charge >= 0.3 is 24.3 Å². The maximum atomic E-state index is 13.3.